The third-order valence-corrected chi connectivity index (χ3v) is 4.47. The molecule has 1 N–H and O–H groups in total. The molecule has 0 bridgehead atoms. The van der Waals surface area contributed by atoms with Crippen molar-refractivity contribution in [1.82, 2.24) is 0 Å². The van der Waals surface area contributed by atoms with Gasteiger partial charge in [0, 0.05) is 16.1 Å². The third kappa shape index (κ3) is 4.78. The number of carbonyl (C=O) groups excluding carboxylic acids is 2. The van der Waals surface area contributed by atoms with E-state index in [2.05, 4.69) is 5.32 Å². The molecular weight excluding hydrogens is 374 g/mol. The van der Waals surface area contributed by atoms with E-state index in [1.807, 2.05) is 38.1 Å². The van der Waals surface area contributed by atoms with Crippen molar-refractivity contribution in [3.8, 4) is 5.75 Å². The summed E-state index contributed by atoms with van der Waals surface area (Å²) in [7, 11) is 0. The first-order chi connectivity index (χ1) is 13.4. The maximum absolute atomic E-state index is 12.8. The van der Waals surface area contributed by atoms with Crippen molar-refractivity contribution >= 4 is 29.0 Å². The summed E-state index contributed by atoms with van der Waals surface area (Å²) in [6.07, 6.45) is 0. The van der Waals surface area contributed by atoms with E-state index >= 15 is 0 Å². The van der Waals surface area contributed by atoms with Crippen molar-refractivity contribution in [2.24, 2.45) is 0 Å². The number of hydrogen-bond donors (Lipinski definition) is 1. The van der Waals surface area contributed by atoms with Crippen LogP contribution < -0.4 is 10.1 Å². The van der Waals surface area contributed by atoms with Crippen molar-refractivity contribution in [3.05, 3.63) is 94.0 Å². The molecule has 5 heteroatoms. The number of carbonyl (C=O) groups is 2. The van der Waals surface area contributed by atoms with E-state index in [4.69, 9.17) is 16.3 Å². The number of rotatable bonds is 6. The molecule has 0 heterocycles. The van der Waals surface area contributed by atoms with Gasteiger partial charge in [-0.25, -0.2) is 0 Å². The number of aryl methyl sites for hydroxylation is 2. The van der Waals surface area contributed by atoms with Gasteiger partial charge in [-0.3, -0.25) is 9.59 Å². The number of ketones is 1. The van der Waals surface area contributed by atoms with Crippen LogP contribution in [0.25, 0.3) is 0 Å². The van der Waals surface area contributed by atoms with Gasteiger partial charge in [0.2, 0.25) is 0 Å². The highest BCUT2D eigenvalue weighted by molar-refractivity contribution is 6.31. The predicted octanol–water partition coefficient (Wildman–Crippen LogP) is 5.21. The molecule has 142 valence electrons. The zero-order valence-corrected chi connectivity index (χ0v) is 16.4. The van der Waals surface area contributed by atoms with Gasteiger partial charge < -0.3 is 10.1 Å². The van der Waals surface area contributed by atoms with Gasteiger partial charge >= 0.3 is 0 Å². The molecule has 0 unspecified atom stereocenters. The van der Waals surface area contributed by atoms with Gasteiger partial charge in [-0.15, -0.1) is 0 Å². The van der Waals surface area contributed by atoms with E-state index in [9.17, 15) is 9.59 Å². The molecule has 3 aromatic rings. The molecule has 0 atom stereocenters. The van der Waals surface area contributed by atoms with Crippen LogP contribution >= 0.6 is 11.6 Å². The molecule has 0 saturated carbocycles. The van der Waals surface area contributed by atoms with Crippen molar-refractivity contribution in [2.45, 2.75) is 13.8 Å². The van der Waals surface area contributed by atoms with Crippen LogP contribution in [-0.2, 0) is 4.79 Å². The normalized spacial score (nSPS) is 10.4. The highest BCUT2D eigenvalue weighted by Gasteiger charge is 2.16. The van der Waals surface area contributed by atoms with Crippen molar-refractivity contribution in [1.29, 1.82) is 0 Å². The SMILES string of the molecule is Cc1ccc(C)c(OCC(=O)Nc2ccc(Cl)cc2C(=O)c2ccccc2)c1. The number of hydrogen-bond acceptors (Lipinski definition) is 3. The summed E-state index contributed by atoms with van der Waals surface area (Å²) in [5, 5.41) is 3.17. The van der Waals surface area contributed by atoms with Crippen LogP contribution in [0.15, 0.2) is 66.7 Å². The average Bonchev–Trinajstić information content (AvgIpc) is 2.70. The summed E-state index contributed by atoms with van der Waals surface area (Å²) in [5.41, 5.74) is 3.25. The lowest BCUT2D eigenvalue weighted by Gasteiger charge is -2.13. The predicted molar refractivity (Wildman–Crippen MR) is 111 cm³/mol. The monoisotopic (exact) mass is 393 g/mol. The maximum Gasteiger partial charge on any atom is 0.262 e. The fourth-order valence-corrected chi connectivity index (χ4v) is 2.92. The minimum atomic E-state index is -0.356. The van der Waals surface area contributed by atoms with E-state index in [-0.39, 0.29) is 18.3 Å². The van der Waals surface area contributed by atoms with E-state index in [0.29, 0.717) is 27.6 Å². The molecule has 0 fully saturated rings. The van der Waals surface area contributed by atoms with Gasteiger partial charge in [0.05, 0.1) is 5.69 Å². The first-order valence-corrected chi connectivity index (χ1v) is 9.21. The molecule has 0 aromatic heterocycles. The van der Waals surface area contributed by atoms with E-state index in [1.54, 1.807) is 42.5 Å². The highest BCUT2D eigenvalue weighted by atomic mass is 35.5. The molecule has 0 spiro atoms. The van der Waals surface area contributed by atoms with Crippen molar-refractivity contribution < 1.29 is 14.3 Å². The van der Waals surface area contributed by atoms with Crippen LogP contribution in [0, 0.1) is 13.8 Å². The number of anilines is 1. The second-order valence-corrected chi connectivity index (χ2v) is 6.93. The first kappa shape index (κ1) is 19.6. The molecule has 0 saturated heterocycles. The van der Waals surface area contributed by atoms with E-state index in [1.165, 1.54) is 0 Å². The summed E-state index contributed by atoms with van der Waals surface area (Å²) in [4.78, 5) is 25.2. The summed E-state index contributed by atoms with van der Waals surface area (Å²) in [6.45, 7) is 3.72. The number of ether oxygens (including phenoxy) is 1. The lowest BCUT2D eigenvalue weighted by atomic mass is 10.0. The molecule has 3 rings (SSSR count). The zero-order chi connectivity index (χ0) is 20.1. The topological polar surface area (TPSA) is 55.4 Å². The third-order valence-electron chi connectivity index (χ3n) is 4.24. The van der Waals surface area contributed by atoms with Crippen LogP contribution in [-0.4, -0.2) is 18.3 Å². The van der Waals surface area contributed by atoms with Crippen LogP contribution in [0.3, 0.4) is 0 Å². The Kier molecular flexibility index (Phi) is 6.12. The smallest absolute Gasteiger partial charge is 0.262 e. The second kappa shape index (κ2) is 8.72. The van der Waals surface area contributed by atoms with Crippen molar-refractivity contribution in [3.63, 3.8) is 0 Å². The summed E-state index contributed by atoms with van der Waals surface area (Å²) in [6, 6.07) is 19.5. The van der Waals surface area contributed by atoms with Crippen LogP contribution in [0.4, 0.5) is 5.69 Å². The molecule has 0 aliphatic rings. The van der Waals surface area contributed by atoms with Crippen LogP contribution in [0.2, 0.25) is 5.02 Å². The first-order valence-electron chi connectivity index (χ1n) is 8.83. The minimum Gasteiger partial charge on any atom is -0.483 e. The number of halogens is 1. The Balaban J connectivity index is 1.76. The van der Waals surface area contributed by atoms with E-state index in [0.717, 1.165) is 11.1 Å². The van der Waals surface area contributed by atoms with Crippen LogP contribution in [0.1, 0.15) is 27.0 Å². The number of benzene rings is 3. The van der Waals surface area contributed by atoms with E-state index < -0.39 is 0 Å². The van der Waals surface area contributed by atoms with Crippen LogP contribution in [0.5, 0.6) is 5.75 Å². The van der Waals surface area contributed by atoms with Gasteiger partial charge in [0.25, 0.3) is 5.91 Å². The molecule has 4 nitrogen and oxygen atoms in total. The molecule has 0 aliphatic carbocycles. The number of amides is 1. The summed E-state index contributed by atoms with van der Waals surface area (Å²) in [5.74, 6) is 0.0889. The maximum atomic E-state index is 12.8. The fourth-order valence-electron chi connectivity index (χ4n) is 2.75. The molecule has 3 aromatic carbocycles. The van der Waals surface area contributed by atoms with Gasteiger partial charge in [-0.05, 0) is 49.2 Å². The zero-order valence-electron chi connectivity index (χ0n) is 15.7. The average molecular weight is 394 g/mol. The fraction of sp³-hybridized carbons (Fsp3) is 0.130. The molecule has 1 amide bonds. The van der Waals surface area contributed by atoms with Gasteiger partial charge in [-0.2, -0.15) is 0 Å². The standard InChI is InChI=1S/C23H20ClNO3/c1-15-8-9-16(2)21(12-15)28-14-22(26)25-20-11-10-18(24)13-19(20)23(27)17-6-4-3-5-7-17/h3-13H,14H2,1-2H3,(H,25,26). The lowest BCUT2D eigenvalue weighted by Crippen LogP contribution is -2.22. The highest BCUT2D eigenvalue weighted by Crippen LogP contribution is 2.24. The largest absolute Gasteiger partial charge is 0.483 e. The summed E-state index contributed by atoms with van der Waals surface area (Å²) < 4.78 is 5.64. The summed E-state index contributed by atoms with van der Waals surface area (Å²) >= 11 is 6.07. The Bertz CT molecular complexity index is 1020. The molecule has 0 aliphatic heterocycles. The molecular formula is C23H20ClNO3. The van der Waals surface area contributed by atoms with Gasteiger partial charge in [0.15, 0.2) is 12.4 Å². The number of nitrogens with one attached hydrogen (secondary N) is 1. The van der Waals surface area contributed by atoms with Crippen molar-refractivity contribution in [2.75, 3.05) is 11.9 Å². The second-order valence-electron chi connectivity index (χ2n) is 6.49. The Hall–Kier alpha value is -3.11. The lowest BCUT2D eigenvalue weighted by molar-refractivity contribution is -0.118. The van der Waals surface area contributed by atoms with Gasteiger partial charge in [0.1, 0.15) is 5.75 Å². The Morgan fingerprint density at radius 2 is 1.71 bits per heavy atom. The molecule has 28 heavy (non-hydrogen) atoms. The Morgan fingerprint density at radius 1 is 0.964 bits per heavy atom. The minimum absolute atomic E-state index is 0.161. The quantitative estimate of drug-likeness (QED) is 0.585. The molecule has 0 radical (unpaired) electrons. The van der Waals surface area contributed by atoms with Gasteiger partial charge in [-0.1, -0.05) is 54.1 Å². The Morgan fingerprint density at radius 3 is 2.46 bits per heavy atom. The Labute approximate surface area is 169 Å².